The number of primary amides is 1. The molecule has 0 aliphatic carbocycles. The van der Waals surface area contributed by atoms with Gasteiger partial charge in [0, 0.05) is 10.5 Å². The van der Waals surface area contributed by atoms with Crippen molar-refractivity contribution in [1.82, 2.24) is 0 Å². The van der Waals surface area contributed by atoms with Gasteiger partial charge in [0.05, 0.1) is 13.0 Å². The predicted molar refractivity (Wildman–Crippen MR) is 53.4 cm³/mol. The number of amides is 1. The minimum atomic E-state index is -0.444. The average molecular weight is 262 g/mol. The zero-order valence-electron chi connectivity index (χ0n) is 7.30. The van der Waals surface area contributed by atoms with E-state index < -0.39 is 11.7 Å². The van der Waals surface area contributed by atoms with Gasteiger partial charge in [-0.2, -0.15) is 0 Å². The third-order valence-electron chi connectivity index (χ3n) is 1.45. The monoisotopic (exact) mass is 261 g/mol. The van der Waals surface area contributed by atoms with Crippen molar-refractivity contribution in [3.8, 4) is 5.75 Å². The molecular formula is C9H9BrFNO2. The van der Waals surface area contributed by atoms with Crippen LogP contribution in [0.3, 0.4) is 0 Å². The Bertz CT molecular complexity index is 323. The summed E-state index contributed by atoms with van der Waals surface area (Å²) < 4.78 is 18.5. The van der Waals surface area contributed by atoms with Crippen LogP contribution in [0.1, 0.15) is 6.42 Å². The van der Waals surface area contributed by atoms with Gasteiger partial charge in [0.1, 0.15) is 11.6 Å². The molecule has 0 saturated carbocycles. The van der Waals surface area contributed by atoms with Crippen LogP contribution < -0.4 is 10.5 Å². The summed E-state index contributed by atoms with van der Waals surface area (Å²) in [4.78, 5) is 10.4. The van der Waals surface area contributed by atoms with Gasteiger partial charge in [-0.25, -0.2) is 4.39 Å². The van der Waals surface area contributed by atoms with Crippen molar-refractivity contribution in [3.63, 3.8) is 0 Å². The Morgan fingerprint density at radius 3 is 2.79 bits per heavy atom. The molecule has 0 heterocycles. The molecule has 0 atom stereocenters. The molecule has 3 nitrogen and oxygen atoms in total. The highest BCUT2D eigenvalue weighted by molar-refractivity contribution is 9.10. The molecule has 1 amide bonds. The zero-order chi connectivity index (χ0) is 10.6. The van der Waals surface area contributed by atoms with E-state index in [9.17, 15) is 9.18 Å². The van der Waals surface area contributed by atoms with E-state index in [1.54, 1.807) is 6.07 Å². The minimum Gasteiger partial charge on any atom is -0.493 e. The number of nitrogens with two attached hydrogens (primary N) is 1. The van der Waals surface area contributed by atoms with Gasteiger partial charge in [-0.15, -0.1) is 0 Å². The Balaban J connectivity index is 2.54. The molecule has 1 aromatic carbocycles. The summed E-state index contributed by atoms with van der Waals surface area (Å²) >= 11 is 3.12. The van der Waals surface area contributed by atoms with E-state index in [2.05, 4.69) is 15.9 Å². The van der Waals surface area contributed by atoms with Gasteiger partial charge in [0.15, 0.2) is 0 Å². The minimum absolute atomic E-state index is 0.119. The molecule has 1 rings (SSSR count). The molecule has 0 aliphatic heterocycles. The van der Waals surface area contributed by atoms with E-state index >= 15 is 0 Å². The third kappa shape index (κ3) is 3.74. The molecular weight excluding hydrogens is 253 g/mol. The number of hydrogen-bond donors (Lipinski definition) is 1. The standard InChI is InChI=1S/C9H9BrFNO2/c10-6-3-7(11)5-8(4-6)14-2-1-9(12)13/h3-5H,1-2H2,(H2,12,13). The second kappa shape index (κ2) is 4.95. The summed E-state index contributed by atoms with van der Waals surface area (Å²) in [7, 11) is 0. The van der Waals surface area contributed by atoms with E-state index in [0.29, 0.717) is 10.2 Å². The van der Waals surface area contributed by atoms with Crippen LogP contribution >= 0.6 is 15.9 Å². The maximum Gasteiger partial charge on any atom is 0.220 e. The maximum atomic E-state index is 12.8. The maximum absolute atomic E-state index is 12.8. The smallest absolute Gasteiger partial charge is 0.220 e. The van der Waals surface area contributed by atoms with Crippen LogP contribution in [0.25, 0.3) is 0 Å². The molecule has 0 unspecified atom stereocenters. The Hall–Kier alpha value is -1.10. The lowest BCUT2D eigenvalue weighted by atomic mass is 10.3. The molecule has 76 valence electrons. The first kappa shape index (κ1) is 11.0. The molecule has 0 spiro atoms. The molecule has 2 N–H and O–H groups in total. The normalized spacial score (nSPS) is 9.86. The van der Waals surface area contributed by atoms with Crippen LogP contribution in [0.4, 0.5) is 4.39 Å². The molecule has 0 aromatic heterocycles. The molecule has 5 heteroatoms. The summed E-state index contributed by atoms with van der Waals surface area (Å²) in [6, 6.07) is 4.18. The summed E-state index contributed by atoms with van der Waals surface area (Å²) in [5, 5.41) is 0. The zero-order valence-corrected chi connectivity index (χ0v) is 8.88. The average Bonchev–Trinajstić information content (AvgIpc) is 2.01. The van der Waals surface area contributed by atoms with Crippen molar-refractivity contribution in [2.24, 2.45) is 5.73 Å². The van der Waals surface area contributed by atoms with Crippen molar-refractivity contribution >= 4 is 21.8 Å². The van der Waals surface area contributed by atoms with Crippen LogP contribution in [0.5, 0.6) is 5.75 Å². The van der Waals surface area contributed by atoms with E-state index in [4.69, 9.17) is 10.5 Å². The molecule has 0 radical (unpaired) electrons. The summed E-state index contributed by atoms with van der Waals surface area (Å²) in [5.74, 6) is -0.466. The van der Waals surface area contributed by atoms with E-state index in [0.717, 1.165) is 0 Å². The van der Waals surface area contributed by atoms with Gasteiger partial charge in [0.2, 0.25) is 5.91 Å². The first-order chi connectivity index (χ1) is 6.58. The van der Waals surface area contributed by atoms with Crippen molar-refractivity contribution < 1.29 is 13.9 Å². The first-order valence-corrected chi connectivity index (χ1v) is 4.74. The van der Waals surface area contributed by atoms with Crippen LogP contribution in [0.2, 0.25) is 0 Å². The number of ether oxygens (including phenoxy) is 1. The second-order valence-electron chi connectivity index (χ2n) is 2.67. The SMILES string of the molecule is NC(=O)CCOc1cc(F)cc(Br)c1. The lowest BCUT2D eigenvalue weighted by Crippen LogP contribution is -2.14. The topological polar surface area (TPSA) is 52.3 Å². The number of carbonyl (C=O) groups is 1. The highest BCUT2D eigenvalue weighted by Gasteiger charge is 2.00. The van der Waals surface area contributed by atoms with Gasteiger partial charge < -0.3 is 10.5 Å². The Labute approximate surface area is 89.2 Å². The van der Waals surface area contributed by atoms with Crippen molar-refractivity contribution in [3.05, 3.63) is 28.5 Å². The fourth-order valence-electron chi connectivity index (χ4n) is 0.881. The summed E-state index contributed by atoms with van der Waals surface area (Å²) in [5.41, 5.74) is 4.91. The van der Waals surface area contributed by atoms with Crippen molar-refractivity contribution in [2.75, 3.05) is 6.61 Å². The lowest BCUT2D eigenvalue weighted by Gasteiger charge is -2.04. The van der Waals surface area contributed by atoms with E-state index in [1.165, 1.54) is 12.1 Å². The van der Waals surface area contributed by atoms with Gasteiger partial charge in [-0.1, -0.05) is 15.9 Å². The summed E-state index contributed by atoms with van der Waals surface area (Å²) in [6.45, 7) is 0.158. The quantitative estimate of drug-likeness (QED) is 0.900. The van der Waals surface area contributed by atoms with E-state index in [-0.39, 0.29) is 13.0 Å². The van der Waals surface area contributed by atoms with Crippen molar-refractivity contribution in [1.29, 1.82) is 0 Å². The Kier molecular flexibility index (Phi) is 3.88. The number of benzene rings is 1. The molecule has 0 fully saturated rings. The second-order valence-corrected chi connectivity index (χ2v) is 3.59. The molecule has 0 aliphatic rings. The summed E-state index contributed by atoms with van der Waals surface area (Å²) in [6.07, 6.45) is 0.119. The van der Waals surface area contributed by atoms with Crippen LogP contribution in [-0.2, 0) is 4.79 Å². The number of rotatable bonds is 4. The number of carbonyl (C=O) groups excluding carboxylic acids is 1. The van der Waals surface area contributed by atoms with Gasteiger partial charge >= 0.3 is 0 Å². The van der Waals surface area contributed by atoms with E-state index in [1.807, 2.05) is 0 Å². The van der Waals surface area contributed by atoms with Crippen molar-refractivity contribution in [2.45, 2.75) is 6.42 Å². The number of halogens is 2. The Morgan fingerprint density at radius 2 is 2.21 bits per heavy atom. The third-order valence-corrected chi connectivity index (χ3v) is 1.91. The largest absolute Gasteiger partial charge is 0.493 e. The van der Waals surface area contributed by atoms with Crippen LogP contribution in [0, 0.1) is 5.82 Å². The van der Waals surface area contributed by atoms with Gasteiger partial charge in [-0.05, 0) is 12.1 Å². The highest BCUT2D eigenvalue weighted by Crippen LogP contribution is 2.20. The number of hydrogen-bond acceptors (Lipinski definition) is 2. The molecule has 14 heavy (non-hydrogen) atoms. The highest BCUT2D eigenvalue weighted by atomic mass is 79.9. The molecule has 1 aromatic rings. The van der Waals surface area contributed by atoms with Crippen LogP contribution in [0.15, 0.2) is 22.7 Å². The van der Waals surface area contributed by atoms with Crippen LogP contribution in [-0.4, -0.2) is 12.5 Å². The predicted octanol–water partition coefficient (Wildman–Crippen LogP) is 1.84. The lowest BCUT2D eigenvalue weighted by molar-refractivity contribution is -0.118. The van der Waals surface area contributed by atoms with Gasteiger partial charge in [-0.3, -0.25) is 4.79 Å². The first-order valence-electron chi connectivity index (χ1n) is 3.95. The fourth-order valence-corrected chi connectivity index (χ4v) is 1.33. The molecule has 0 saturated heterocycles. The fraction of sp³-hybridized carbons (Fsp3) is 0.222. The van der Waals surface area contributed by atoms with Gasteiger partial charge in [0.25, 0.3) is 0 Å². The Morgan fingerprint density at radius 1 is 1.50 bits per heavy atom. The molecule has 0 bridgehead atoms.